The molecule has 0 unspecified atom stereocenters. The largest absolute Gasteiger partial charge is 0.465 e. The fourth-order valence-electron chi connectivity index (χ4n) is 2.49. The number of hydrogen-bond donors (Lipinski definition) is 2. The average molecular weight is 360 g/mol. The molecule has 0 saturated heterocycles. The summed E-state index contributed by atoms with van der Waals surface area (Å²) in [7, 11) is 0. The van der Waals surface area contributed by atoms with Crippen molar-refractivity contribution in [3.8, 4) is 0 Å². The van der Waals surface area contributed by atoms with E-state index in [1.165, 1.54) is 17.9 Å². The molecule has 0 atom stereocenters. The van der Waals surface area contributed by atoms with E-state index in [9.17, 15) is 9.59 Å². The smallest absolute Gasteiger partial charge is 0.255 e. The molecule has 0 fully saturated rings. The lowest BCUT2D eigenvalue weighted by Gasteiger charge is -2.09. The minimum absolute atomic E-state index is 0.236. The van der Waals surface area contributed by atoms with Crippen LogP contribution in [-0.4, -0.2) is 11.8 Å². The maximum atomic E-state index is 12.5. The van der Waals surface area contributed by atoms with E-state index in [1.54, 1.807) is 42.5 Å². The lowest BCUT2D eigenvalue weighted by atomic mass is 10.1. The van der Waals surface area contributed by atoms with Crippen LogP contribution in [0.3, 0.4) is 0 Å². The SMILES string of the molecule is Cc1ccc(NC(=O)c2cccc(NC(=O)/C=C/c3ccco3)c2)cc1C. The van der Waals surface area contributed by atoms with Gasteiger partial charge in [0.25, 0.3) is 5.91 Å². The fourth-order valence-corrected chi connectivity index (χ4v) is 2.49. The minimum atomic E-state index is -0.307. The van der Waals surface area contributed by atoms with E-state index in [4.69, 9.17) is 4.42 Å². The van der Waals surface area contributed by atoms with E-state index >= 15 is 0 Å². The summed E-state index contributed by atoms with van der Waals surface area (Å²) in [5, 5.41) is 5.61. The highest BCUT2D eigenvalue weighted by molar-refractivity contribution is 6.06. The van der Waals surface area contributed by atoms with Crippen molar-refractivity contribution in [2.24, 2.45) is 0 Å². The Bertz CT molecular complexity index is 989. The molecule has 136 valence electrons. The van der Waals surface area contributed by atoms with Crippen LogP contribution in [0.25, 0.3) is 6.08 Å². The van der Waals surface area contributed by atoms with Crippen molar-refractivity contribution >= 4 is 29.3 Å². The van der Waals surface area contributed by atoms with Crippen molar-refractivity contribution in [2.75, 3.05) is 10.6 Å². The molecule has 27 heavy (non-hydrogen) atoms. The number of benzene rings is 2. The van der Waals surface area contributed by atoms with E-state index in [-0.39, 0.29) is 11.8 Å². The predicted octanol–water partition coefficient (Wildman–Crippen LogP) is 4.80. The quantitative estimate of drug-likeness (QED) is 0.642. The Hall–Kier alpha value is -3.60. The van der Waals surface area contributed by atoms with E-state index in [0.29, 0.717) is 17.0 Å². The number of hydrogen-bond acceptors (Lipinski definition) is 3. The van der Waals surface area contributed by atoms with Crippen LogP contribution in [-0.2, 0) is 4.79 Å². The lowest BCUT2D eigenvalue weighted by molar-refractivity contribution is -0.111. The van der Waals surface area contributed by atoms with Gasteiger partial charge in [-0.3, -0.25) is 9.59 Å². The van der Waals surface area contributed by atoms with Crippen LogP contribution in [0.15, 0.2) is 71.4 Å². The van der Waals surface area contributed by atoms with Gasteiger partial charge in [-0.2, -0.15) is 0 Å². The Kier molecular flexibility index (Phi) is 5.52. The summed E-state index contributed by atoms with van der Waals surface area (Å²) in [4.78, 5) is 24.5. The van der Waals surface area contributed by atoms with Gasteiger partial charge in [0.15, 0.2) is 0 Å². The van der Waals surface area contributed by atoms with E-state index in [2.05, 4.69) is 10.6 Å². The molecular formula is C22H20N2O3. The molecule has 2 aromatic carbocycles. The number of nitrogens with one attached hydrogen (secondary N) is 2. The number of rotatable bonds is 5. The van der Waals surface area contributed by atoms with Gasteiger partial charge >= 0.3 is 0 Å². The van der Waals surface area contributed by atoms with Gasteiger partial charge in [-0.1, -0.05) is 12.1 Å². The van der Waals surface area contributed by atoms with E-state index in [1.807, 2.05) is 32.0 Å². The van der Waals surface area contributed by atoms with Crippen LogP contribution in [0.4, 0.5) is 11.4 Å². The summed E-state index contributed by atoms with van der Waals surface area (Å²) < 4.78 is 5.14. The molecule has 0 spiro atoms. The second-order valence-corrected chi connectivity index (χ2v) is 6.17. The molecule has 0 aliphatic heterocycles. The summed E-state index contributed by atoms with van der Waals surface area (Å²) in [6.45, 7) is 4.02. The van der Waals surface area contributed by atoms with Crippen molar-refractivity contribution < 1.29 is 14.0 Å². The third-order valence-electron chi connectivity index (χ3n) is 4.10. The van der Waals surface area contributed by atoms with Crippen LogP contribution in [0.1, 0.15) is 27.2 Å². The molecule has 3 rings (SSSR count). The summed E-state index contributed by atoms with van der Waals surface area (Å²) in [5.74, 6) is 0.0465. The molecule has 0 bridgehead atoms. The normalized spacial score (nSPS) is 10.7. The highest BCUT2D eigenvalue weighted by Gasteiger charge is 2.08. The van der Waals surface area contributed by atoms with Gasteiger partial charge in [0.2, 0.25) is 5.91 Å². The minimum Gasteiger partial charge on any atom is -0.465 e. The van der Waals surface area contributed by atoms with Crippen LogP contribution < -0.4 is 10.6 Å². The highest BCUT2D eigenvalue weighted by Crippen LogP contribution is 2.17. The first-order valence-electron chi connectivity index (χ1n) is 8.52. The first kappa shape index (κ1) is 18.2. The zero-order valence-electron chi connectivity index (χ0n) is 15.2. The van der Waals surface area contributed by atoms with Crippen molar-refractivity contribution in [2.45, 2.75) is 13.8 Å². The second-order valence-electron chi connectivity index (χ2n) is 6.17. The summed E-state index contributed by atoms with van der Waals surface area (Å²) >= 11 is 0. The number of amides is 2. The van der Waals surface area contributed by atoms with Crippen molar-refractivity contribution in [1.82, 2.24) is 0 Å². The first-order chi connectivity index (χ1) is 13.0. The molecule has 2 amide bonds. The standard InChI is InChI=1S/C22H20N2O3/c1-15-8-9-19(13-16(15)2)24-22(26)17-5-3-6-18(14-17)23-21(25)11-10-20-7-4-12-27-20/h3-14H,1-2H3,(H,23,25)(H,24,26)/b11-10+. The first-order valence-corrected chi connectivity index (χ1v) is 8.52. The maximum Gasteiger partial charge on any atom is 0.255 e. The zero-order valence-corrected chi connectivity index (χ0v) is 15.2. The van der Waals surface area contributed by atoms with Gasteiger partial charge in [-0.15, -0.1) is 0 Å². The molecule has 0 aliphatic rings. The van der Waals surface area contributed by atoms with Gasteiger partial charge < -0.3 is 15.1 Å². The van der Waals surface area contributed by atoms with Crippen LogP contribution in [0, 0.1) is 13.8 Å². The van der Waals surface area contributed by atoms with Crippen LogP contribution in [0.2, 0.25) is 0 Å². The zero-order chi connectivity index (χ0) is 19.2. The molecule has 2 N–H and O–H groups in total. The fraction of sp³-hybridized carbons (Fsp3) is 0.0909. The van der Waals surface area contributed by atoms with Crippen molar-refractivity contribution in [1.29, 1.82) is 0 Å². The predicted molar refractivity (Wildman–Crippen MR) is 107 cm³/mol. The molecule has 0 saturated carbocycles. The summed E-state index contributed by atoms with van der Waals surface area (Å²) in [6, 6.07) is 16.0. The summed E-state index contributed by atoms with van der Waals surface area (Å²) in [5.41, 5.74) is 4.01. The highest BCUT2D eigenvalue weighted by atomic mass is 16.3. The van der Waals surface area contributed by atoms with Gasteiger partial charge in [0.05, 0.1) is 6.26 Å². The number of carbonyl (C=O) groups is 2. The van der Waals surface area contributed by atoms with Gasteiger partial charge in [-0.05, 0) is 73.5 Å². The molecule has 0 aliphatic carbocycles. The molecule has 1 aromatic heterocycles. The van der Waals surface area contributed by atoms with Crippen LogP contribution in [0.5, 0.6) is 0 Å². The second kappa shape index (κ2) is 8.19. The van der Waals surface area contributed by atoms with E-state index in [0.717, 1.165) is 11.3 Å². The topological polar surface area (TPSA) is 71.3 Å². The van der Waals surface area contributed by atoms with Gasteiger partial charge in [0.1, 0.15) is 5.76 Å². The Morgan fingerprint density at radius 2 is 1.70 bits per heavy atom. The average Bonchev–Trinajstić information content (AvgIpc) is 3.17. The Labute approximate surface area is 157 Å². The molecule has 5 heteroatoms. The lowest BCUT2D eigenvalue weighted by Crippen LogP contribution is -2.13. The van der Waals surface area contributed by atoms with Crippen LogP contribution >= 0.6 is 0 Å². The molecule has 5 nitrogen and oxygen atoms in total. The van der Waals surface area contributed by atoms with E-state index < -0.39 is 0 Å². The molecule has 0 radical (unpaired) electrons. The number of carbonyl (C=O) groups excluding carboxylic acids is 2. The van der Waals surface area contributed by atoms with Gasteiger partial charge in [-0.25, -0.2) is 0 Å². The number of furan rings is 1. The Morgan fingerprint density at radius 3 is 2.44 bits per heavy atom. The molecule has 1 heterocycles. The maximum absolute atomic E-state index is 12.5. The van der Waals surface area contributed by atoms with Crippen molar-refractivity contribution in [3.05, 3.63) is 89.4 Å². The van der Waals surface area contributed by atoms with Gasteiger partial charge in [0, 0.05) is 23.0 Å². The third kappa shape index (κ3) is 4.95. The van der Waals surface area contributed by atoms with Crippen molar-refractivity contribution in [3.63, 3.8) is 0 Å². The molecular weight excluding hydrogens is 340 g/mol. The number of aryl methyl sites for hydroxylation is 2. The molecule has 3 aromatic rings. The Balaban J connectivity index is 1.66. The number of anilines is 2. The Morgan fingerprint density at radius 1 is 0.889 bits per heavy atom. The summed E-state index contributed by atoms with van der Waals surface area (Å²) in [6.07, 6.45) is 4.49. The monoisotopic (exact) mass is 360 g/mol. The third-order valence-corrected chi connectivity index (χ3v) is 4.10.